The molecule has 0 amide bonds. The fourth-order valence-corrected chi connectivity index (χ4v) is 7.56. The van der Waals surface area contributed by atoms with Gasteiger partial charge in [0.25, 0.3) is 0 Å². The van der Waals surface area contributed by atoms with Crippen LogP contribution >= 0.6 is 34.5 Å². The van der Waals surface area contributed by atoms with Gasteiger partial charge in [0.05, 0.1) is 10.9 Å². The minimum Gasteiger partial charge on any atom is -0.352 e. The second-order valence-electron chi connectivity index (χ2n) is 9.80. The molecule has 0 N–H and O–H groups in total. The third-order valence-electron chi connectivity index (χ3n) is 8.03. The van der Waals surface area contributed by atoms with Gasteiger partial charge in [-0.05, 0) is 52.9 Å². The number of nitrogens with zero attached hydrogens (tertiary/aromatic N) is 1. The average Bonchev–Trinajstić information content (AvgIpc) is 3.62. The summed E-state index contributed by atoms with van der Waals surface area (Å²) in [7, 11) is 0. The predicted octanol–water partition coefficient (Wildman–Crippen LogP) is 7.37. The molecule has 0 radical (unpaired) electrons. The number of carbonyl (C=O) groups excluding carboxylic acids is 3. The van der Waals surface area contributed by atoms with Crippen LogP contribution < -0.4 is 4.90 Å². The number of benzene rings is 3. The van der Waals surface area contributed by atoms with E-state index in [1.54, 1.807) is 48.5 Å². The summed E-state index contributed by atoms with van der Waals surface area (Å²) < 4.78 is 0. The summed E-state index contributed by atoms with van der Waals surface area (Å²) in [6.07, 6.45) is 3.80. The first-order valence-electron chi connectivity index (χ1n) is 12.2. The zero-order chi connectivity index (χ0) is 26.2. The Morgan fingerprint density at radius 2 is 1.53 bits per heavy atom. The molecule has 3 heterocycles. The molecular formula is C31H19Cl2NO3S. The van der Waals surface area contributed by atoms with Crippen LogP contribution in [0.3, 0.4) is 0 Å². The molecule has 1 saturated heterocycles. The molecule has 7 rings (SSSR count). The van der Waals surface area contributed by atoms with Crippen molar-refractivity contribution in [2.75, 3.05) is 4.90 Å². The molecule has 3 atom stereocenters. The van der Waals surface area contributed by atoms with Gasteiger partial charge in [-0.15, -0.1) is 11.3 Å². The Balaban J connectivity index is 1.56. The van der Waals surface area contributed by atoms with Gasteiger partial charge in [-0.25, -0.2) is 0 Å². The average molecular weight is 556 g/mol. The second kappa shape index (κ2) is 8.50. The molecule has 186 valence electrons. The molecule has 3 aromatic carbocycles. The summed E-state index contributed by atoms with van der Waals surface area (Å²) >= 11 is 13.9. The maximum Gasteiger partial charge on any atom is 0.195 e. The van der Waals surface area contributed by atoms with E-state index in [2.05, 4.69) is 0 Å². The number of ketones is 3. The Kier molecular flexibility index (Phi) is 5.28. The molecule has 0 bridgehead atoms. The lowest BCUT2D eigenvalue weighted by molar-refractivity contribution is 0.0666. The molecule has 1 fully saturated rings. The van der Waals surface area contributed by atoms with Crippen molar-refractivity contribution >= 4 is 63.7 Å². The van der Waals surface area contributed by atoms with Gasteiger partial charge in [0, 0.05) is 32.8 Å². The Bertz CT molecular complexity index is 1640. The third kappa shape index (κ3) is 3.07. The highest BCUT2D eigenvalue weighted by Crippen LogP contribution is 2.61. The van der Waals surface area contributed by atoms with E-state index in [0.717, 1.165) is 16.8 Å². The van der Waals surface area contributed by atoms with Crippen LogP contribution in [-0.4, -0.2) is 29.4 Å². The maximum atomic E-state index is 14.5. The van der Waals surface area contributed by atoms with Crippen molar-refractivity contribution in [3.8, 4) is 0 Å². The van der Waals surface area contributed by atoms with Crippen LogP contribution in [0.25, 0.3) is 6.08 Å². The summed E-state index contributed by atoms with van der Waals surface area (Å²) in [5.41, 5.74) is 1.59. The fourth-order valence-electron chi connectivity index (χ4n) is 6.56. The summed E-state index contributed by atoms with van der Waals surface area (Å²) in [5, 5.41) is 2.96. The van der Waals surface area contributed by atoms with Gasteiger partial charge >= 0.3 is 0 Å². The second-order valence-corrected chi connectivity index (χ2v) is 11.6. The Hall–Kier alpha value is -3.51. The van der Waals surface area contributed by atoms with Crippen molar-refractivity contribution < 1.29 is 14.4 Å². The van der Waals surface area contributed by atoms with Gasteiger partial charge in [0.15, 0.2) is 17.3 Å². The monoisotopic (exact) mass is 555 g/mol. The summed E-state index contributed by atoms with van der Waals surface area (Å²) in [5.74, 6) is -1.39. The van der Waals surface area contributed by atoms with Crippen LogP contribution in [0.4, 0.5) is 5.69 Å². The number of thiophene rings is 1. The van der Waals surface area contributed by atoms with Crippen LogP contribution in [0.2, 0.25) is 10.0 Å². The first kappa shape index (κ1) is 23.6. The molecule has 4 nitrogen and oxygen atoms in total. The number of rotatable bonds is 3. The minimum atomic E-state index is -1.52. The van der Waals surface area contributed by atoms with E-state index in [9.17, 15) is 14.4 Å². The van der Waals surface area contributed by atoms with Crippen molar-refractivity contribution in [2.45, 2.75) is 18.0 Å². The quantitative estimate of drug-likeness (QED) is 0.195. The van der Waals surface area contributed by atoms with Crippen LogP contribution in [0, 0.1) is 5.41 Å². The largest absolute Gasteiger partial charge is 0.352 e. The number of halogens is 2. The van der Waals surface area contributed by atoms with Gasteiger partial charge < -0.3 is 4.90 Å². The smallest absolute Gasteiger partial charge is 0.195 e. The number of carbonyl (C=O) groups is 3. The van der Waals surface area contributed by atoms with E-state index in [0.29, 0.717) is 26.0 Å². The standard InChI is InChI=1S/C31H19Cl2NO3S/c32-19-10-7-17(8-11-19)26-27(28(35)24-6-3-15-38-24)34-23-13-12-20(33)16-18(23)9-14-25(34)31(26)29(36)21-4-1-2-5-22(21)30(31)37/h1-16,25-27H/t25-,26+,27-/m1/s1. The summed E-state index contributed by atoms with van der Waals surface area (Å²) in [6.45, 7) is 0. The highest BCUT2D eigenvalue weighted by atomic mass is 35.5. The molecular weight excluding hydrogens is 537 g/mol. The highest BCUT2D eigenvalue weighted by Gasteiger charge is 2.71. The SMILES string of the molecule is O=C(c1cccs1)[C@H]1[C@H](c2ccc(Cl)cc2)C2(C(=O)c3ccccc3C2=O)[C@H]2C=Cc3cc(Cl)ccc3N12. The Morgan fingerprint density at radius 1 is 0.842 bits per heavy atom. The number of fused-ring (bicyclic) bond motifs is 5. The highest BCUT2D eigenvalue weighted by molar-refractivity contribution is 7.12. The molecule has 7 heteroatoms. The van der Waals surface area contributed by atoms with Crippen LogP contribution in [0.15, 0.2) is 90.3 Å². The van der Waals surface area contributed by atoms with Crippen molar-refractivity contribution in [3.63, 3.8) is 0 Å². The lowest BCUT2D eigenvalue weighted by atomic mass is 9.64. The number of anilines is 1. The van der Waals surface area contributed by atoms with Crippen molar-refractivity contribution in [1.29, 1.82) is 0 Å². The fraction of sp³-hybridized carbons (Fsp3) is 0.129. The normalized spacial score (nSPS) is 22.5. The number of hydrogen-bond acceptors (Lipinski definition) is 5. The molecule has 1 spiro atoms. The predicted molar refractivity (Wildman–Crippen MR) is 151 cm³/mol. The van der Waals surface area contributed by atoms with E-state index in [1.165, 1.54) is 11.3 Å². The van der Waals surface area contributed by atoms with Crippen molar-refractivity contribution in [1.82, 2.24) is 0 Å². The molecule has 0 unspecified atom stereocenters. The Morgan fingerprint density at radius 3 is 2.18 bits per heavy atom. The summed E-state index contributed by atoms with van der Waals surface area (Å²) in [4.78, 5) is 46.0. The van der Waals surface area contributed by atoms with Gasteiger partial charge in [-0.3, -0.25) is 14.4 Å². The summed E-state index contributed by atoms with van der Waals surface area (Å²) in [6, 6.07) is 21.8. The van der Waals surface area contributed by atoms with Crippen LogP contribution in [0.1, 0.15) is 47.4 Å². The first-order valence-corrected chi connectivity index (χ1v) is 13.8. The van der Waals surface area contributed by atoms with Gasteiger partial charge in [-0.2, -0.15) is 0 Å². The van der Waals surface area contributed by atoms with E-state index in [4.69, 9.17) is 23.2 Å². The molecule has 2 aliphatic heterocycles. The number of Topliss-reactive ketones (excluding diaryl/α,β-unsaturated/α-hetero) is 3. The Labute approximate surface area is 233 Å². The van der Waals surface area contributed by atoms with E-state index >= 15 is 0 Å². The van der Waals surface area contributed by atoms with E-state index < -0.39 is 23.4 Å². The van der Waals surface area contributed by atoms with E-state index in [-0.39, 0.29) is 17.3 Å². The number of hydrogen-bond donors (Lipinski definition) is 0. The van der Waals surface area contributed by atoms with Gasteiger partial charge in [0.1, 0.15) is 11.5 Å². The molecule has 38 heavy (non-hydrogen) atoms. The molecule has 4 aromatic rings. The minimum absolute atomic E-state index is 0.130. The van der Waals surface area contributed by atoms with Crippen molar-refractivity contribution in [2.24, 2.45) is 5.41 Å². The lowest BCUT2D eigenvalue weighted by Crippen LogP contribution is -2.48. The van der Waals surface area contributed by atoms with Crippen LogP contribution in [0.5, 0.6) is 0 Å². The first-order chi connectivity index (χ1) is 18.4. The molecule has 3 aliphatic rings. The third-order valence-corrected chi connectivity index (χ3v) is 9.40. The molecule has 0 saturated carbocycles. The maximum absolute atomic E-state index is 14.5. The zero-order valence-electron chi connectivity index (χ0n) is 19.8. The molecule has 1 aromatic heterocycles. The van der Waals surface area contributed by atoms with Crippen molar-refractivity contribution in [3.05, 3.63) is 127 Å². The van der Waals surface area contributed by atoms with Gasteiger partial charge in [0.2, 0.25) is 0 Å². The van der Waals surface area contributed by atoms with E-state index in [1.807, 2.05) is 52.8 Å². The molecule has 1 aliphatic carbocycles. The zero-order valence-corrected chi connectivity index (χ0v) is 22.1. The van der Waals surface area contributed by atoms with Gasteiger partial charge in [-0.1, -0.05) is 77.8 Å². The lowest BCUT2D eigenvalue weighted by Gasteiger charge is -2.37. The van der Waals surface area contributed by atoms with Crippen LogP contribution in [-0.2, 0) is 0 Å². The topological polar surface area (TPSA) is 54.5 Å².